The van der Waals surface area contributed by atoms with Crippen LogP contribution >= 0.6 is 23.2 Å². The van der Waals surface area contributed by atoms with E-state index in [0.717, 1.165) is 0 Å². The van der Waals surface area contributed by atoms with Gasteiger partial charge in [-0.05, 0) is 70.7 Å². The molecule has 0 aliphatic heterocycles. The van der Waals surface area contributed by atoms with E-state index in [2.05, 4.69) is 20.2 Å². The molecule has 0 spiro atoms. The zero-order valence-electron chi connectivity index (χ0n) is 33.3. The maximum Gasteiger partial charge on any atom is 0.446 e. The maximum absolute atomic E-state index is 13.2. The first kappa shape index (κ1) is 49.5. The molecular weight excluding hydrogens is 894 g/mol. The van der Waals surface area contributed by atoms with Gasteiger partial charge in [0, 0.05) is 36.4 Å². The quantitative estimate of drug-likeness (QED) is 0.0623. The molecule has 1 N–H and O–H groups in total. The number of hydrogen-bond acceptors (Lipinski definition) is 10. The number of alkyl halides is 9. The van der Waals surface area contributed by atoms with Gasteiger partial charge in [0.25, 0.3) is 0 Å². The molecular formula is C38H39Cl2F9N6O7. The monoisotopic (exact) mass is 932 g/mol. The van der Waals surface area contributed by atoms with E-state index in [1.165, 1.54) is 65.8 Å². The standard InChI is InChI=1S/C20H23ClF3N3O3.C16H15ClF3N3O3.C2HF3O/c1-12(19(8-9-19)20(22,23)24)11-29-15-7-10-27(26-15)14-6-5-13(16(21)25-14)17(28)30-18(2,3)4;1-9(15(5-6-15)16(18,19)20)8-26-12-4-7-23(22-12)11-3-2-10(14(24)25)13(17)21-11;3-2(4,5)1-6/h5-7,10,12H,8-9,11H2,1-4H3;2-4,7,9H,5-6,8H2,1H3,(H,24,25);1H. The van der Waals surface area contributed by atoms with Crippen LogP contribution in [-0.2, 0) is 9.53 Å². The fraction of sp³-hybridized carbons (Fsp3) is 0.500. The Morgan fingerprint density at radius 1 is 0.726 bits per heavy atom. The third kappa shape index (κ3) is 12.5. The topological polar surface area (TPSA) is 161 Å². The fourth-order valence-electron chi connectivity index (χ4n) is 5.89. The molecule has 0 aromatic carbocycles. The van der Waals surface area contributed by atoms with Crippen LogP contribution in [0.25, 0.3) is 11.6 Å². The molecule has 62 heavy (non-hydrogen) atoms. The van der Waals surface area contributed by atoms with E-state index in [1.807, 2.05) is 0 Å². The fourth-order valence-corrected chi connectivity index (χ4v) is 6.35. The molecule has 0 amide bonds. The Labute approximate surface area is 357 Å². The van der Waals surface area contributed by atoms with Gasteiger partial charge in [0.05, 0.1) is 35.2 Å². The lowest BCUT2D eigenvalue weighted by molar-refractivity contribution is -0.204. The SMILES string of the molecule is CC(COc1ccn(-c2ccc(C(=O)O)c(Cl)n2)n1)C1(C(F)(F)F)CC1.CC(COc1ccn(-c2ccc(C(=O)OC(C)(C)C)c(Cl)n2)n1)C1(C(F)(F)F)CC1.O=CC(F)(F)F. The molecule has 4 aromatic rings. The largest absolute Gasteiger partial charge is 0.478 e. The Morgan fingerprint density at radius 3 is 1.39 bits per heavy atom. The van der Waals surface area contributed by atoms with Gasteiger partial charge in [-0.25, -0.2) is 28.9 Å². The van der Waals surface area contributed by atoms with Gasteiger partial charge < -0.3 is 19.3 Å². The van der Waals surface area contributed by atoms with Crippen LogP contribution in [0.2, 0.25) is 10.3 Å². The number of aldehydes is 1. The van der Waals surface area contributed by atoms with E-state index in [4.69, 9.17) is 47.3 Å². The molecule has 6 rings (SSSR count). The number of nitrogens with zero attached hydrogens (tertiary/aromatic N) is 6. The second-order valence-electron chi connectivity index (χ2n) is 15.4. The van der Waals surface area contributed by atoms with Crippen molar-refractivity contribution in [2.75, 3.05) is 13.2 Å². The lowest BCUT2D eigenvalue weighted by Crippen LogP contribution is -2.34. The Morgan fingerprint density at radius 2 is 1.10 bits per heavy atom. The second-order valence-corrected chi connectivity index (χ2v) is 16.1. The minimum Gasteiger partial charge on any atom is -0.478 e. The highest BCUT2D eigenvalue weighted by Crippen LogP contribution is 2.63. The Kier molecular flexibility index (Phi) is 14.9. The summed E-state index contributed by atoms with van der Waals surface area (Å²) >= 11 is 11.9. The number of rotatable bonds is 12. The Hall–Kier alpha value is -5.12. The first-order chi connectivity index (χ1) is 28.5. The zero-order valence-corrected chi connectivity index (χ0v) is 34.8. The van der Waals surface area contributed by atoms with E-state index in [-0.39, 0.29) is 77.9 Å². The summed E-state index contributed by atoms with van der Waals surface area (Å²) in [6.45, 7) is 8.08. The van der Waals surface area contributed by atoms with Crippen molar-refractivity contribution in [1.82, 2.24) is 29.5 Å². The van der Waals surface area contributed by atoms with Crippen LogP contribution in [0.15, 0.2) is 48.8 Å². The second kappa shape index (κ2) is 18.7. The van der Waals surface area contributed by atoms with Gasteiger partial charge in [-0.2, -0.15) is 39.5 Å². The first-order valence-corrected chi connectivity index (χ1v) is 19.1. The van der Waals surface area contributed by atoms with Crippen LogP contribution in [0.5, 0.6) is 11.8 Å². The molecule has 2 aliphatic carbocycles. The average molecular weight is 934 g/mol. The van der Waals surface area contributed by atoms with Crippen molar-refractivity contribution >= 4 is 41.4 Å². The number of carbonyl (C=O) groups is 3. The van der Waals surface area contributed by atoms with E-state index in [1.54, 1.807) is 27.0 Å². The van der Waals surface area contributed by atoms with E-state index in [0.29, 0.717) is 5.82 Å². The lowest BCUT2D eigenvalue weighted by Gasteiger charge is -2.25. The summed E-state index contributed by atoms with van der Waals surface area (Å²) in [6.07, 6.45) is -10.6. The lowest BCUT2D eigenvalue weighted by atomic mass is 9.91. The van der Waals surface area contributed by atoms with Crippen LogP contribution in [0, 0.1) is 22.7 Å². The highest BCUT2D eigenvalue weighted by Gasteiger charge is 2.66. The summed E-state index contributed by atoms with van der Waals surface area (Å²) < 4.78 is 129. The third-order valence-electron chi connectivity index (χ3n) is 9.81. The van der Waals surface area contributed by atoms with Gasteiger partial charge in [0.1, 0.15) is 15.9 Å². The van der Waals surface area contributed by atoms with Gasteiger partial charge >= 0.3 is 30.5 Å². The number of hydrogen-bond donors (Lipinski definition) is 1. The summed E-state index contributed by atoms with van der Waals surface area (Å²) in [5, 5.41) is 16.9. The van der Waals surface area contributed by atoms with Crippen LogP contribution in [0.1, 0.15) is 81.0 Å². The number of halogens is 11. The van der Waals surface area contributed by atoms with Crippen molar-refractivity contribution in [2.45, 2.75) is 84.4 Å². The summed E-state index contributed by atoms with van der Waals surface area (Å²) in [5.74, 6) is -2.25. The van der Waals surface area contributed by atoms with Gasteiger partial charge in [-0.15, -0.1) is 10.2 Å². The van der Waals surface area contributed by atoms with Crippen molar-refractivity contribution < 1.29 is 73.2 Å². The van der Waals surface area contributed by atoms with Gasteiger partial charge in [-0.3, -0.25) is 4.79 Å². The first-order valence-electron chi connectivity index (χ1n) is 18.4. The van der Waals surface area contributed by atoms with E-state index < -0.39 is 65.0 Å². The van der Waals surface area contributed by atoms with Crippen LogP contribution in [-0.4, -0.2) is 90.2 Å². The number of carboxylic acids is 1. The Balaban J connectivity index is 0.000000243. The minimum absolute atomic E-state index is 0.0470. The van der Waals surface area contributed by atoms with Gasteiger partial charge in [-0.1, -0.05) is 37.0 Å². The number of pyridine rings is 2. The average Bonchev–Trinajstić information content (AvgIpc) is 4.06. The molecule has 2 aliphatic rings. The van der Waals surface area contributed by atoms with E-state index >= 15 is 0 Å². The third-order valence-corrected chi connectivity index (χ3v) is 10.4. The van der Waals surface area contributed by atoms with Crippen LogP contribution < -0.4 is 9.47 Å². The summed E-state index contributed by atoms with van der Waals surface area (Å²) in [5.41, 5.74) is -4.00. The smallest absolute Gasteiger partial charge is 0.446 e. The molecule has 0 saturated heterocycles. The van der Waals surface area contributed by atoms with E-state index in [9.17, 15) is 49.1 Å². The number of aromatic nitrogens is 6. The maximum atomic E-state index is 13.2. The Bertz CT molecular complexity index is 2210. The molecule has 0 bridgehead atoms. The zero-order chi connectivity index (χ0) is 46.6. The number of aromatic carboxylic acids is 1. The molecule has 340 valence electrons. The number of ether oxygens (including phenoxy) is 3. The number of esters is 1. The normalized spacial score (nSPS) is 16.3. The van der Waals surface area contributed by atoms with Gasteiger partial charge in [0.15, 0.2) is 11.6 Å². The van der Waals surface area contributed by atoms with Crippen molar-refractivity contribution in [1.29, 1.82) is 0 Å². The highest BCUT2D eigenvalue weighted by atomic mass is 35.5. The van der Waals surface area contributed by atoms with Gasteiger partial charge in [0.2, 0.25) is 18.0 Å². The molecule has 0 radical (unpaired) electrons. The molecule has 2 fully saturated rings. The minimum atomic E-state index is -4.64. The number of carboxylic acid groups (broad SMARTS) is 1. The molecule has 2 saturated carbocycles. The number of carbonyl (C=O) groups excluding carboxylic acids is 2. The molecule has 13 nitrogen and oxygen atoms in total. The summed E-state index contributed by atoms with van der Waals surface area (Å²) in [4.78, 5) is 39.9. The molecule has 4 aromatic heterocycles. The predicted molar refractivity (Wildman–Crippen MR) is 202 cm³/mol. The van der Waals surface area contributed by atoms with Crippen molar-refractivity contribution in [3.63, 3.8) is 0 Å². The van der Waals surface area contributed by atoms with Crippen LogP contribution in [0.3, 0.4) is 0 Å². The molecule has 2 unspecified atom stereocenters. The summed E-state index contributed by atoms with van der Waals surface area (Å²) in [6, 6.07) is 8.73. The molecule has 24 heteroatoms. The van der Waals surface area contributed by atoms with Crippen molar-refractivity contribution in [2.24, 2.45) is 22.7 Å². The van der Waals surface area contributed by atoms with Crippen molar-refractivity contribution in [3.8, 4) is 23.4 Å². The molecule has 2 atom stereocenters. The molecule has 4 heterocycles. The highest BCUT2D eigenvalue weighted by molar-refractivity contribution is 6.32. The summed E-state index contributed by atoms with van der Waals surface area (Å²) in [7, 11) is 0. The van der Waals surface area contributed by atoms with Crippen molar-refractivity contribution in [3.05, 3.63) is 70.2 Å². The van der Waals surface area contributed by atoms with Crippen LogP contribution in [0.4, 0.5) is 39.5 Å². The predicted octanol–water partition coefficient (Wildman–Crippen LogP) is 9.96.